The highest BCUT2D eigenvalue weighted by molar-refractivity contribution is 6.00. The van der Waals surface area contributed by atoms with Gasteiger partial charge in [0.25, 0.3) is 0 Å². The molecule has 0 fully saturated rings. The van der Waals surface area contributed by atoms with Crippen molar-refractivity contribution < 1.29 is 14.3 Å². The van der Waals surface area contributed by atoms with E-state index < -0.39 is 0 Å². The third-order valence-electron chi connectivity index (χ3n) is 2.76. The van der Waals surface area contributed by atoms with Crippen LogP contribution in [-0.4, -0.2) is 45.5 Å². The van der Waals surface area contributed by atoms with Gasteiger partial charge in [-0.3, -0.25) is 4.79 Å². The smallest absolute Gasteiger partial charge is 0.170 e. The zero-order valence-corrected chi connectivity index (χ0v) is 11.7. The molecule has 1 rings (SSSR count). The topological polar surface area (TPSA) is 38.8 Å². The van der Waals surface area contributed by atoms with Gasteiger partial charge < -0.3 is 14.4 Å². The molecule has 0 amide bonds. The molecule has 0 aliphatic heterocycles. The molecule has 0 aliphatic carbocycles. The third kappa shape index (κ3) is 3.47. The molecule has 0 bridgehead atoms. The van der Waals surface area contributed by atoms with Crippen LogP contribution in [0.4, 0.5) is 0 Å². The molecule has 0 aromatic heterocycles. The number of methoxy groups -OCH3 is 2. The van der Waals surface area contributed by atoms with Crippen LogP contribution < -0.4 is 9.47 Å². The predicted molar refractivity (Wildman–Crippen MR) is 71.6 cm³/mol. The lowest BCUT2D eigenvalue weighted by Gasteiger charge is -2.17. The molecule has 0 saturated carbocycles. The van der Waals surface area contributed by atoms with E-state index in [1.54, 1.807) is 32.4 Å². The number of ether oxygens (including phenoxy) is 2. The van der Waals surface area contributed by atoms with Crippen molar-refractivity contribution >= 4 is 5.78 Å². The zero-order chi connectivity index (χ0) is 13.7. The first-order chi connectivity index (χ1) is 8.49. The van der Waals surface area contributed by atoms with Crippen molar-refractivity contribution in [2.24, 2.45) is 5.92 Å². The average Bonchev–Trinajstić information content (AvgIpc) is 2.36. The lowest BCUT2D eigenvalue weighted by Crippen LogP contribution is -2.26. The minimum Gasteiger partial charge on any atom is -0.497 e. The van der Waals surface area contributed by atoms with Gasteiger partial charge in [0.15, 0.2) is 5.78 Å². The second-order valence-electron chi connectivity index (χ2n) is 4.59. The normalized spacial score (nSPS) is 12.3. The molecular weight excluding hydrogens is 230 g/mol. The van der Waals surface area contributed by atoms with Crippen molar-refractivity contribution in [1.82, 2.24) is 4.90 Å². The Balaban J connectivity index is 3.02. The minimum atomic E-state index is -0.0824. The molecule has 18 heavy (non-hydrogen) atoms. The number of hydrogen-bond donors (Lipinski definition) is 0. The van der Waals surface area contributed by atoms with Gasteiger partial charge in [-0.05, 0) is 32.3 Å². The van der Waals surface area contributed by atoms with E-state index in [1.165, 1.54) is 0 Å². The lowest BCUT2D eigenvalue weighted by molar-refractivity contribution is 0.0906. The molecule has 0 radical (unpaired) electrons. The Morgan fingerprint density at radius 2 is 1.94 bits per heavy atom. The predicted octanol–water partition coefficient (Wildman–Crippen LogP) is 2.08. The molecular formula is C14H21NO3. The third-order valence-corrected chi connectivity index (χ3v) is 2.76. The number of benzene rings is 1. The van der Waals surface area contributed by atoms with Gasteiger partial charge in [-0.1, -0.05) is 6.92 Å². The summed E-state index contributed by atoms with van der Waals surface area (Å²) in [6, 6.07) is 5.27. The maximum absolute atomic E-state index is 12.4. The van der Waals surface area contributed by atoms with Crippen molar-refractivity contribution in [3.63, 3.8) is 0 Å². The highest BCUT2D eigenvalue weighted by atomic mass is 16.5. The van der Waals surface area contributed by atoms with Crippen LogP contribution in [0, 0.1) is 5.92 Å². The van der Waals surface area contributed by atoms with E-state index in [1.807, 2.05) is 25.9 Å². The Bertz CT molecular complexity index is 416. The fourth-order valence-electron chi connectivity index (χ4n) is 1.90. The van der Waals surface area contributed by atoms with Crippen LogP contribution in [0.5, 0.6) is 11.5 Å². The van der Waals surface area contributed by atoms with E-state index in [4.69, 9.17) is 9.47 Å². The van der Waals surface area contributed by atoms with Crippen LogP contribution in [0.15, 0.2) is 18.2 Å². The lowest BCUT2D eigenvalue weighted by atomic mass is 9.98. The van der Waals surface area contributed by atoms with E-state index in [-0.39, 0.29) is 11.7 Å². The average molecular weight is 251 g/mol. The molecule has 1 aromatic rings. The number of rotatable bonds is 6. The van der Waals surface area contributed by atoms with Crippen LogP contribution in [0.1, 0.15) is 17.3 Å². The second kappa shape index (κ2) is 6.40. The van der Waals surface area contributed by atoms with E-state index >= 15 is 0 Å². The molecule has 4 nitrogen and oxygen atoms in total. The first-order valence-electron chi connectivity index (χ1n) is 5.90. The Morgan fingerprint density at radius 3 is 2.44 bits per heavy atom. The number of carbonyl (C=O) groups excluding carboxylic acids is 1. The molecule has 4 heteroatoms. The summed E-state index contributed by atoms with van der Waals surface area (Å²) < 4.78 is 10.4. The fraction of sp³-hybridized carbons (Fsp3) is 0.500. The fourth-order valence-corrected chi connectivity index (χ4v) is 1.90. The largest absolute Gasteiger partial charge is 0.497 e. The highest BCUT2D eigenvalue weighted by Crippen LogP contribution is 2.26. The van der Waals surface area contributed by atoms with Gasteiger partial charge in [-0.25, -0.2) is 0 Å². The van der Waals surface area contributed by atoms with Crippen LogP contribution in [0.25, 0.3) is 0 Å². The van der Waals surface area contributed by atoms with E-state index in [0.717, 1.165) is 0 Å². The van der Waals surface area contributed by atoms with Crippen molar-refractivity contribution in [2.75, 3.05) is 34.9 Å². The van der Waals surface area contributed by atoms with Gasteiger partial charge in [0, 0.05) is 12.5 Å². The van der Waals surface area contributed by atoms with Crippen molar-refractivity contribution in [3.8, 4) is 11.5 Å². The highest BCUT2D eigenvalue weighted by Gasteiger charge is 2.20. The van der Waals surface area contributed by atoms with Gasteiger partial charge >= 0.3 is 0 Å². The Kier molecular flexibility index (Phi) is 5.16. The van der Waals surface area contributed by atoms with Crippen LogP contribution in [-0.2, 0) is 0 Å². The summed E-state index contributed by atoms with van der Waals surface area (Å²) in [7, 11) is 7.05. The minimum absolute atomic E-state index is 0.0689. The molecule has 1 unspecified atom stereocenters. The first-order valence-corrected chi connectivity index (χ1v) is 5.90. The van der Waals surface area contributed by atoms with E-state index in [0.29, 0.717) is 23.6 Å². The van der Waals surface area contributed by atoms with Crippen molar-refractivity contribution in [2.45, 2.75) is 6.92 Å². The maximum Gasteiger partial charge on any atom is 0.170 e. The van der Waals surface area contributed by atoms with Gasteiger partial charge in [0.1, 0.15) is 11.5 Å². The number of ketones is 1. The molecule has 0 saturated heterocycles. The molecule has 100 valence electrons. The summed E-state index contributed by atoms with van der Waals surface area (Å²) in [6.07, 6.45) is 0. The second-order valence-corrected chi connectivity index (χ2v) is 4.59. The van der Waals surface area contributed by atoms with Gasteiger partial charge in [0.2, 0.25) is 0 Å². The molecule has 1 aromatic carbocycles. The number of nitrogens with zero attached hydrogens (tertiary/aromatic N) is 1. The van der Waals surface area contributed by atoms with Gasteiger partial charge in [-0.2, -0.15) is 0 Å². The molecule has 0 aliphatic rings. The summed E-state index contributed by atoms with van der Waals surface area (Å²) in [6.45, 7) is 2.63. The summed E-state index contributed by atoms with van der Waals surface area (Å²) in [5.74, 6) is 1.24. The quantitative estimate of drug-likeness (QED) is 0.726. The van der Waals surface area contributed by atoms with E-state index in [2.05, 4.69) is 0 Å². The van der Waals surface area contributed by atoms with Crippen molar-refractivity contribution in [1.29, 1.82) is 0 Å². The van der Waals surface area contributed by atoms with Crippen molar-refractivity contribution in [3.05, 3.63) is 23.8 Å². The van der Waals surface area contributed by atoms with E-state index in [9.17, 15) is 4.79 Å². The number of carbonyl (C=O) groups is 1. The van der Waals surface area contributed by atoms with Gasteiger partial charge in [-0.15, -0.1) is 0 Å². The van der Waals surface area contributed by atoms with Crippen LogP contribution in [0.3, 0.4) is 0 Å². The molecule has 1 atom stereocenters. The Labute approximate surface area is 108 Å². The Morgan fingerprint density at radius 1 is 1.28 bits per heavy atom. The van der Waals surface area contributed by atoms with Crippen LogP contribution in [0.2, 0.25) is 0 Å². The summed E-state index contributed by atoms with van der Waals surface area (Å²) in [5, 5.41) is 0. The SMILES string of the molecule is COc1ccc(OC)c(C(=O)C(C)CN(C)C)c1. The molecule has 0 heterocycles. The zero-order valence-electron chi connectivity index (χ0n) is 11.7. The van der Waals surface area contributed by atoms with Gasteiger partial charge in [0.05, 0.1) is 19.8 Å². The summed E-state index contributed by atoms with van der Waals surface area (Å²) >= 11 is 0. The van der Waals surface area contributed by atoms with Crippen LogP contribution >= 0.6 is 0 Å². The number of hydrogen-bond acceptors (Lipinski definition) is 4. The summed E-state index contributed by atoms with van der Waals surface area (Å²) in [5.41, 5.74) is 0.575. The summed E-state index contributed by atoms with van der Waals surface area (Å²) in [4.78, 5) is 14.4. The number of Topliss-reactive ketones (excluding diaryl/α,β-unsaturated/α-hetero) is 1. The first kappa shape index (κ1) is 14.5. The molecule has 0 N–H and O–H groups in total. The monoisotopic (exact) mass is 251 g/mol. The Hall–Kier alpha value is -1.55. The maximum atomic E-state index is 12.4. The standard InChI is InChI=1S/C14H21NO3/c1-10(9-15(2)3)14(16)12-8-11(17-4)6-7-13(12)18-5/h6-8,10H,9H2,1-5H3. The molecule has 0 spiro atoms.